The summed E-state index contributed by atoms with van der Waals surface area (Å²) in [6.45, 7) is 8.73. The number of hydrogen-bond acceptors (Lipinski definition) is 3. The summed E-state index contributed by atoms with van der Waals surface area (Å²) in [5.74, 6) is 1.70. The highest BCUT2D eigenvalue weighted by molar-refractivity contribution is 5.27. The van der Waals surface area contributed by atoms with Crippen LogP contribution in [0.15, 0.2) is 36.9 Å². The van der Waals surface area contributed by atoms with Crippen molar-refractivity contribution in [3.05, 3.63) is 42.5 Å². The molecule has 1 atom stereocenters. The molecule has 1 N–H and O–H groups in total. The van der Waals surface area contributed by atoms with Crippen LogP contribution < -0.4 is 10.1 Å². The van der Waals surface area contributed by atoms with Crippen molar-refractivity contribution in [3.8, 4) is 5.75 Å². The van der Waals surface area contributed by atoms with E-state index in [0.29, 0.717) is 6.61 Å². The van der Waals surface area contributed by atoms with Crippen LogP contribution in [0.5, 0.6) is 5.75 Å². The quantitative estimate of drug-likeness (QED) is 0.774. The SMILES string of the molecule is C=CCOc1ccc(CNCC2CCCN(C)C2)cc1. The lowest BCUT2D eigenvalue weighted by Gasteiger charge is -2.29. The van der Waals surface area contributed by atoms with Crippen LogP contribution in [0.3, 0.4) is 0 Å². The molecule has 110 valence electrons. The Morgan fingerprint density at radius 3 is 2.90 bits per heavy atom. The molecule has 1 fully saturated rings. The molecule has 0 aromatic heterocycles. The molecule has 1 aliphatic heterocycles. The van der Waals surface area contributed by atoms with Crippen molar-refractivity contribution in [1.29, 1.82) is 0 Å². The standard InChI is InChI=1S/C17H26N2O/c1-3-11-20-17-8-6-15(7-9-17)12-18-13-16-5-4-10-19(2)14-16/h3,6-9,16,18H,1,4-5,10-14H2,2H3. The minimum absolute atomic E-state index is 0.562. The van der Waals surface area contributed by atoms with E-state index in [-0.39, 0.29) is 0 Å². The second kappa shape index (κ2) is 8.08. The number of likely N-dealkylation sites (tertiary alicyclic amines) is 1. The van der Waals surface area contributed by atoms with Gasteiger partial charge in [0.2, 0.25) is 0 Å². The van der Waals surface area contributed by atoms with Gasteiger partial charge in [0.1, 0.15) is 12.4 Å². The smallest absolute Gasteiger partial charge is 0.119 e. The first-order chi connectivity index (χ1) is 9.78. The van der Waals surface area contributed by atoms with Crippen molar-refractivity contribution in [1.82, 2.24) is 10.2 Å². The summed E-state index contributed by atoms with van der Waals surface area (Å²) in [7, 11) is 2.22. The van der Waals surface area contributed by atoms with Crippen molar-refractivity contribution < 1.29 is 4.74 Å². The Labute approximate surface area is 122 Å². The Bertz CT molecular complexity index is 402. The van der Waals surface area contributed by atoms with E-state index < -0.39 is 0 Å². The van der Waals surface area contributed by atoms with E-state index in [1.807, 2.05) is 12.1 Å². The fourth-order valence-corrected chi connectivity index (χ4v) is 2.72. The van der Waals surface area contributed by atoms with Crippen molar-refractivity contribution in [3.63, 3.8) is 0 Å². The van der Waals surface area contributed by atoms with Crippen LogP contribution in [0, 0.1) is 5.92 Å². The van der Waals surface area contributed by atoms with Gasteiger partial charge in [-0.2, -0.15) is 0 Å². The van der Waals surface area contributed by atoms with Crippen molar-refractivity contribution in [2.24, 2.45) is 5.92 Å². The molecule has 0 spiro atoms. The van der Waals surface area contributed by atoms with Crippen LogP contribution >= 0.6 is 0 Å². The Kier molecular flexibility index (Phi) is 6.09. The Balaban J connectivity index is 1.69. The summed E-state index contributed by atoms with van der Waals surface area (Å²) in [4.78, 5) is 2.43. The topological polar surface area (TPSA) is 24.5 Å². The highest BCUT2D eigenvalue weighted by atomic mass is 16.5. The number of piperidine rings is 1. The minimum atomic E-state index is 0.562. The second-order valence-corrected chi connectivity index (χ2v) is 5.65. The number of rotatable bonds is 7. The average molecular weight is 274 g/mol. The van der Waals surface area contributed by atoms with Crippen LogP contribution in [0.1, 0.15) is 18.4 Å². The summed E-state index contributed by atoms with van der Waals surface area (Å²) < 4.78 is 5.48. The number of ether oxygens (including phenoxy) is 1. The third-order valence-corrected chi connectivity index (χ3v) is 3.78. The summed E-state index contributed by atoms with van der Waals surface area (Å²) in [5, 5.41) is 3.57. The Morgan fingerprint density at radius 2 is 2.20 bits per heavy atom. The van der Waals surface area contributed by atoms with E-state index in [1.165, 1.54) is 31.5 Å². The molecular weight excluding hydrogens is 248 g/mol. The lowest BCUT2D eigenvalue weighted by Crippen LogP contribution is -2.37. The predicted octanol–water partition coefficient (Wildman–Crippen LogP) is 2.68. The zero-order valence-corrected chi connectivity index (χ0v) is 12.5. The van der Waals surface area contributed by atoms with Gasteiger partial charge >= 0.3 is 0 Å². The average Bonchev–Trinajstić information content (AvgIpc) is 2.46. The van der Waals surface area contributed by atoms with Gasteiger partial charge in [0.25, 0.3) is 0 Å². The van der Waals surface area contributed by atoms with Gasteiger partial charge < -0.3 is 15.0 Å². The van der Waals surface area contributed by atoms with E-state index in [9.17, 15) is 0 Å². The Morgan fingerprint density at radius 1 is 1.40 bits per heavy atom. The molecule has 3 nitrogen and oxygen atoms in total. The molecule has 1 aliphatic rings. The molecular formula is C17H26N2O. The number of nitrogens with zero attached hydrogens (tertiary/aromatic N) is 1. The lowest BCUT2D eigenvalue weighted by molar-refractivity contribution is 0.206. The van der Waals surface area contributed by atoms with Gasteiger partial charge in [-0.05, 0) is 56.6 Å². The zero-order valence-electron chi connectivity index (χ0n) is 12.5. The molecule has 1 aromatic rings. The van der Waals surface area contributed by atoms with E-state index in [0.717, 1.165) is 24.8 Å². The first-order valence-corrected chi connectivity index (χ1v) is 7.50. The second-order valence-electron chi connectivity index (χ2n) is 5.65. The van der Waals surface area contributed by atoms with Gasteiger partial charge in [0.15, 0.2) is 0 Å². The third kappa shape index (κ3) is 4.99. The molecule has 20 heavy (non-hydrogen) atoms. The van der Waals surface area contributed by atoms with Crippen LogP contribution in [-0.2, 0) is 6.54 Å². The lowest BCUT2D eigenvalue weighted by atomic mass is 9.98. The van der Waals surface area contributed by atoms with Crippen molar-refractivity contribution >= 4 is 0 Å². The summed E-state index contributed by atoms with van der Waals surface area (Å²) >= 11 is 0. The van der Waals surface area contributed by atoms with Crippen LogP contribution in [0.25, 0.3) is 0 Å². The summed E-state index contributed by atoms with van der Waals surface area (Å²) in [5.41, 5.74) is 1.31. The molecule has 0 bridgehead atoms. The number of hydrogen-bond donors (Lipinski definition) is 1. The number of nitrogens with one attached hydrogen (secondary N) is 1. The molecule has 2 rings (SSSR count). The highest BCUT2D eigenvalue weighted by Gasteiger charge is 2.16. The maximum absolute atomic E-state index is 5.48. The first kappa shape index (κ1) is 15.1. The van der Waals surface area contributed by atoms with Crippen LogP contribution in [-0.4, -0.2) is 38.2 Å². The summed E-state index contributed by atoms with van der Waals surface area (Å²) in [6.07, 6.45) is 4.44. The van der Waals surface area contributed by atoms with Crippen LogP contribution in [0.2, 0.25) is 0 Å². The maximum atomic E-state index is 5.48. The largest absolute Gasteiger partial charge is 0.490 e. The van der Waals surface area contributed by atoms with E-state index >= 15 is 0 Å². The fraction of sp³-hybridized carbons (Fsp3) is 0.529. The van der Waals surface area contributed by atoms with Crippen molar-refractivity contribution in [2.45, 2.75) is 19.4 Å². The molecule has 0 aliphatic carbocycles. The van der Waals surface area contributed by atoms with Gasteiger partial charge in [0, 0.05) is 13.1 Å². The van der Waals surface area contributed by atoms with Gasteiger partial charge in [-0.3, -0.25) is 0 Å². The molecule has 0 amide bonds. The van der Waals surface area contributed by atoms with E-state index in [2.05, 4.69) is 36.0 Å². The molecule has 0 saturated carbocycles. The molecule has 1 unspecified atom stereocenters. The monoisotopic (exact) mass is 274 g/mol. The van der Waals surface area contributed by atoms with Crippen molar-refractivity contribution in [2.75, 3.05) is 33.3 Å². The van der Waals surface area contributed by atoms with E-state index in [1.54, 1.807) is 6.08 Å². The van der Waals surface area contributed by atoms with Gasteiger partial charge in [-0.25, -0.2) is 0 Å². The normalized spacial score (nSPS) is 19.8. The van der Waals surface area contributed by atoms with Gasteiger partial charge in [-0.15, -0.1) is 0 Å². The van der Waals surface area contributed by atoms with Gasteiger partial charge in [-0.1, -0.05) is 24.8 Å². The third-order valence-electron chi connectivity index (χ3n) is 3.78. The first-order valence-electron chi connectivity index (χ1n) is 7.50. The predicted molar refractivity (Wildman–Crippen MR) is 84.1 cm³/mol. The summed E-state index contributed by atoms with van der Waals surface area (Å²) in [6, 6.07) is 8.29. The number of benzene rings is 1. The molecule has 1 saturated heterocycles. The van der Waals surface area contributed by atoms with E-state index in [4.69, 9.17) is 4.74 Å². The highest BCUT2D eigenvalue weighted by Crippen LogP contribution is 2.15. The Hall–Kier alpha value is -1.32. The maximum Gasteiger partial charge on any atom is 0.119 e. The zero-order chi connectivity index (χ0) is 14.2. The molecule has 1 aromatic carbocycles. The van der Waals surface area contributed by atoms with Gasteiger partial charge in [0.05, 0.1) is 0 Å². The minimum Gasteiger partial charge on any atom is -0.490 e. The van der Waals surface area contributed by atoms with Crippen LogP contribution in [0.4, 0.5) is 0 Å². The fourth-order valence-electron chi connectivity index (χ4n) is 2.72. The molecule has 3 heteroatoms. The molecule has 0 radical (unpaired) electrons. The molecule has 1 heterocycles.